The molecular weight excluding hydrogens is 332 g/mol. The summed E-state index contributed by atoms with van der Waals surface area (Å²) in [4.78, 5) is 0. The molecule has 1 heterocycles. The summed E-state index contributed by atoms with van der Waals surface area (Å²) in [6, 6.07) is 14.8. The van der Waals surface area contributed by atoms with E-state index in [1.165, 1.54) is 10.7 Å². The number of hydrazone groups is 1. The average molecular weight is 349 g/mol. The van der Waals surface area contributed by atoms with Crippen LogP contribution in [0.4, 0.5) is 0 Å². The summed E-state index contributed by atoms with van der Waals surface area (Å²) >= 11 is 6.05. The number of hydrogen-bond acceptors (Lipinski definition) is 3. The zero-order chi connectivity index (χ0) is 16.6. The lowest BCUT2D eigenvalue weighted by Gasteiger charge is -2.21. The van der Waals surface area contributed by atoms with E-state index in [2.05, 4.69) is 5.10 Å². The molecule has 0 fully saturated rings. The van der Waals surface area contributed by atoms with E-state index in [-0.39, 0.29) is 6.04 Å². The molecule has 0 N–H and O–H groups in total. The van der Waals surface area contributed by atoms with Gasteiger partial charge in [-0.1, -0.05) is 53.6 Å². The first-order valence-electron chi connectivity index (χ1n) is 7.24. The second-order valence-electron chi connectivity index (χ2n) is 5.72. The number of benzene rings is 2. The summed E-state index contributed by atoms with van der Waals surface area (Å²) in [6.45, 7) is 2.01. The molecule has 23 heavy (non-hydrogen) atoms. The fourth-order valence-electron chi connectivity index (χ4n) is 2.68. The number of halogens is 1. The van der Waals surface area contributed by atoms with Crippen LogP contribution in [0.2, 0.25) is 5.02 Å². The zero-order valence-corrected chi connectivity index (χ0v) is 14.5. The van der Waals surface area contributed by atoms with Gasteiger partial charge in [0.25, 0.3) is 0 Å². The van der Waals surface area contributed by atoms with Crippen molar-refractivity contribution in [1.82, 2.24) is 4.41 Å². The molecule has 0 bridgehead atoms. The molecule has 0 spiro atoms. The number of hydrogen-bond donors (Lipinski definition) is 0. The zero-order valence-electron chi connectivity index (χ0n) is 12.9. The molecule has 2 aromatic rings. The molecule has 0 radical (unpaired) electrons. The highest BCUT2D eigenvalue weighted by Crippen LogP contribution is 2.35. The molecule has 2 aromatic carbocycles. The molecule has 0 aromatic heterocycles. The van der Waals surface area contributed by atoms with Crippen LogP contribution in [0.3, 0.4) is 0 Å². The monoisotopic (exact) mass is 348 g/mol. The molecule has 0 aliphatic carbocycles. The van der Waals surface area contributed by atoms with E-state index in [9.17, 15) is 8.42 Å². The van der Waals surface area contributed by atoms with Gasteiger partial charge < -0.3 is 0 Å². The smallest absolute Gasteiger partial charge is 0.205 e. The number of aryl methyl sites for hydroxylation is 1. The second-order valence-corrected chi connectivity index (χ2v) is 8.00. The van der Waals surface area contributed by atoms with Crippen molar-refractivity contribution in [3.8, 4) is 0 Å². The van der Waals surface area contributed by atoms with E-state index < -0.39 is 10.0 Å². The SMILES string of the molecule is Cc1ccc(C2=NN(S(C)(=O)=O)C(c3cccc(Cl)c3)C2)cc1. The molecule has 1 aliphatic rings. The molecule has 0 saturated carbocycles. The third-order valence-electron chi connectivity index (χ3n) is 3.83. The van der Waals surface area contributed by atoms with Gasteiger partial charge in [-0.25, -0.2) is 8.42 Å². The van der Waals surface area contributed by atoms with Gasteiger partial charge in [0.1, 0.15) is 0 Å². The predicted octanol–water partition coefficient (Wildman–Crippen LogP) is 3.76. The van der Waals surface area contributed by atoms with Crippen molar-refractivity contribution < 1.29 is 8.42 Å². The minimum atomic E-state index is -3.46. The van der Waals surface area contributed by atoms with Gasteiger partial charge in [0, 0.05) is 11.4 Å². The first-order chi connectivity index (χ1) is 10.8. The molecule has 0 amide bonds. The van der Waals surface area contributed by atoms with Crippen molar-refractivity contribution in [2.24, 2.45) is 5.10 Å². The minimum absolute atomic E-state index is 0.361. The first kappa shape index (κ1) is 16.0. The Balaban J connectivity index is 2.01. The van der Waals surface area contributed by atoms with Gasteiger partial charge in [-0.2, -0.15) is 9.52 Å². The minimum Gasteiger partial charge on any atom is -0.205 e. The molecule has 1 aliphatic heterocycles. The topological polar surface area (TPSA) is 49.7 Å². The highest BCUT2D eigenvalue weighted by Gasteiger charge is 2.34. The van der Waals surface area contributed by atoms with Crippen LogP contribution in [0.1, 0.15) is 29.2 Å². The molecule has 3 rings (SSSR count). The maximum absolute atomic E-state index is 12.1. The van der Waals surface area contributed by atoms with E-state index in [1.807, 2.05) is 43.3 Å². The van der Waals surface area contributed by atoms with Crippen LogP contribution >= 0.6 is 11.6 Å². The molecule has 0 saturated heterocycles. The molecule has 1 atom stereocenters. The van der Waals surface area contributed by atoms with Crippen LogP contribution in [-0.2, 0) is 10.0 Å². The van der Waals surface area contributed by atoms with Crippen LogP contribution < -0.4 is 0 Å². The normalized spacial score (nSPS) is 18.1. The van der Waals surface area contributed by atoms with Crippen LogP contribution in [0, 0.1) is 6.92 Å². The van der Waals surface area contributed by atoms with E-state index in [0.29, 0.717) is 11.4 Å². The quantitative estimate of drug-likeness (QED) is 0.848. The Labute approximate surface area is 141 Å². The highest BCUT2D eigenvalue weighted by molar-refractivity contribution is 7.88. The van der Waals surface area contributed by atoms with Crippen LogP contribution in [0.5, 0.6) is 0 Å². The third kappa shape index (κ3) is 3.41. The van der Waals surface area contributed by atoms with Gasteiger partial charge in [-0.15, -0.1) is 0 Å². The Bertz CT molecular complexity index is 860. The Hall–Kier alpha value is -1.85. The van der Waals surface area contributed by atoms with Gasteiger partial charge in [0.15, 0.2) is 0 Å². The maximum Gasteiger partial charge on any atom is 0.247 e. The lowest BCUT2D eigenvalue weighted by atomic mass is 9.99. The summed E-state index contributed by atoms with van der Waals surface area (Å²) in [5, 5.41) is 4.95. The summed E-state index contributed by atoms with van der Waals surface area (Å²) in [5.74, 6) is 0. The van der Waals surface area contributed by atoms with E-state index >= 15 is 0 Å². The van der Waals surface area contributed by atoms with E-state index in [1.54, 1.807) is 12.1 Å². The van der Waals surface area contributed by atoms with Crippen LogP contribution in [0.25, 0.3) is 0 Å². The van der Waals surface area contributed by atoms with Crippen LogP contribution in [0.15, 0.2) is 53.6 Å². The fraction of sp³-hybridized carbons (Fsp3) is 0.235. The lowest BCUT2D eigenvalue weighted by Crippen LogP contribution is -2.25. The lowest BCUT2D eigenvalue weighted by molar-refractivity contribution is 0.375. The Morgan fingerprint density at radius 3 is 2.48 bits per heavy atom. The summed E-state index contributed by atoms with van der Waals surface area (Å²) in [6.07, 6.45) is 1.70. The summed E-state index contributed by atoms with van der Waals surface area (Å²) in [7, 11) is -3.46. The van der Waals surface area contributed by atoms with Crippen molar-refractivity contribution in [1.29, 1.82) is 0 Å². The highest BCUT2D eigenvalue weighted by atomic mass is 35.5. The van der Waals surface area contributed by atoms with Crippen molar-refractivity contribution in [3.63, 3.8) is 0 Å². The predicted molar refractivity (Wildman–Crippen MR) is 93.2 cm³/mol. The standard InChI is InChI=1S/C17H17ClN2O2S/c1-12-6-8-13(9-7-12)16-11-17(20(19-16)23(2,21)22)14-4-3-5-15(18)10-14/h3-10,17H,11H2,1-2H3. The fourth-order valence-corrected chi connectivity index (χ4v) is 3.78. The van der Waals surface area contributed by atoms with E-state index in [4.69, 9.17) is 11.6 Å². The summed E-state index contributed by atoms with van der Waals surface area (Å²) < 4.78 is 25.4. The molecule has 4 nitrogen and oxygen atoms in total. The van der Waals surface area contributed by atoms with Crippen LogP contribution in [-0.4, -0.2) is 24.8 Å². The molecular formula is C17H17ClN2O2S. The summed E-state index contributed by atoms with van der Waals surface area (Å²) in [5.41, 5.74) is 3.70. The maximum atomic E-state index is 12.1. The van der Waals surface area contributed by atoms with Crippen molar-refractivity contribution in [2.75, 3.05) is 6.26 Å². The molecule has 120 valence electrons. The number of rotatable bonds is 3. The second kappa shape index (κ2) is 5.98. The van der Waals surface area contributed by atoms with Crippen molar-refractivity contribution in [2.45, 2.75) is 19.4 Å². The van der Waals surface area contributed by atoms with Gasteiger partial charge in [0.05, 0.1) is 18.0 Å². The first-order valence-corrected chi connectivity index (χ1v) is 9.46. The molecule has 6 heteroatoms. The van der Waals surface area contributed by atoms with Gasteiger partial charge >= 0.3 is 0 Å². The molecule has 1 unspecified atom stereocenters. The number of nitrogens with zero attached hydrogens (tertiary/aromatic N) is 2. The van der Waals surface area contributed by atoms with Gasteiger partial charge in [-0.3, -0.25) is 0 Å². The Kier molecular flexibility index (Phi) is 4.17. The average Bonchev–Trinajstić information content (AvgIpc) is 2.93. The third-order valence-corrected chi connectivity index (χ3v) is 5.08. The van der Waals surface area contributed by atoms with Gasteiger partial charge in [0.2, 0.25) is 10.0 Å². The Morgan fingerprint density at radius 1 is 1.17 bits per heavy atom. The van der Waals surface area contributed by atoms with Crippen molar-refractivity contribution >= 4 is 27.3 Å². The number of sulfonamides is 1. The Morgan fingerprint density at radius 2 is 1.87 bits per heavy atom. The van der Waals surface area contributed by atoms with E-state index in [0.717, 1.165) is 22.4 Å². The largest absolute Gasteiger partial charge is 0.247 e. The van der Waals surface area contributed by atoms with Crippen molar-refractivity contribution in [3.05, 3.63) is 70.2 Å². The van der Waals surface area contributed by atoms with Gasteiger partial charge in [-0.05, 0) is 30.2 Å².